The molecule has 0 fully saturated rings. The van der Waals surface area contributed by atoms with Gasteiger partial charge in [0.05, 0.1) is 0 Å². The number of hydrogen-bond donors (Lipinski definition) is 1. The van der Waals surface area contributed by atoms with Crippen molar-refractivity contribution in [2.24, 2.45) is 0 Å². The van der Waals surface area contributed by atoms with E-state index in [2.05, 4.69) is 17.2 Å². The zero-order valence-corrected chi connectivity index (χ0v) is 6.69. The first-order chi connectivity index (χ1) is 4.62. The molecule has 0 rings (SSSR count). The summed E-state index contributed by atoms with van der Waals surface area (Å²) in [6, 6.07) is 0. The topological polar surface area (TPSA) is 29.1 Å². The van der Waals surface area contributed by atoms with E-state index in [-0.39, 0.29) is 5.54 Å². The second kappa shape index (κ2) is 3.94. The number of carbonyl (C=O) groups excluding carboxylic acids is 1. The molecule has 0 bridgehead atoms. The van der Waals surface area contributed by atoms with Gasteiger partial charge in [-0.05, 0) is 20.8 Å². The lowest BCUT2D eigenvalue weighted by Crippen LogP contribution is -2.37. The lowest BCUT2D eigenvalue weighted by atomic mass is 10.0. The molecular formula is C8H13NO. The van der Waals surface area contributed by atoms with Crippen molar-refractivity contribution in [1.29, 1.82) is 0 Å². The van der Waals surface area contributed by atoms with E-state index in [4.69, 9.17) is 0 Å². The highest BCUT2D eigenvalue weighted by Crippen LogP contribution is 2.04. The first-order valence-electron chi connectivity index (χ1n) is 3.23. The maximum atomic E-state index is 10.0. The maximum absolute atomic E-state index is 10.0. The smallest absolute Gasteiger partial charge is 0.207 e. The fourth-order valence-electron chi connectivity index (χ4n) is 0.520. The van der Waals surface area contributed by atoms with Gasteiger partial charge in [0, 0.05) is 12.0 Å². The lowest BCUT2D eigenvalue weighted by molar-refractivity contribution is -0.110. The van der Waals surface area contributed by atoms with Crippen LogP contribution >= 0.6 is 0 Å². The summed E-state index contributed by atoms with van der Waals surface area (Å²) in [5.41, 5.74) is -0.190. The van der Waals surface area contributed by atoms with Crippen LogP contribution in [-0.4, -0.2) is 11.9 Å². The Hall–Kier alpha value is -0.970. The van der Waals surface area contributed by atoms with Gasteiger partial charge in [-0.15, -0.1) is 11.8 Å². The third kappa shape index (κ3) is 3.96. The highest BCUT2D eigenvalue weighted by molar-refractivity contribution is 5.47. The van der Waals surface area contributed by atoms with E-state index in [1.165, 1.54) is 0 Å². The number of nitrogens with one attached hydrogen (secondary N) is 1. The molecule has 0 aliphatic carbocycles. The third-order valence-corrected chi connectivity index (χ3v) is 1.16. The van der Waals surface area contributed by atoms with E-state index in [0.29, 0.717) is 12.8 Å². The van der Waals surface area contributed by atoms with Crippen molar-refractivity contribution >= 4 is 6.41 Å². The van der Waals surface area contributed by atoms with Crippen LogP contribution in [0.1, 0.15) is 27.2 Å². The Labute approximate surface area is 62.0 Å². The Morgan fingerprint density at radius 3 is 2.60 bits per heavy atom. The number of rotatable bonds is 3. The largest absolute Gasteiger partial charge is 0.353 e. The van der Waals surface area contributed by atoms with Gasteiger partial charge in [0.25, 0.3) is 0 Å². The van der Waals surface area contributed by atoms with E-state index in [1.54, 1.807) is 6.92 Å². The molecule has 0 aliphatic heterocycles. The second-order valence-electron chi connectivity index (χ2n) is 2.75. The highest BCUT2D eigenvalue weighted by atomic mass is 16.1. The Morgan fingerprint density at radius 2 is 2.20 bits per heavy atom. The van der Waals surface area contributed by atoms with Gasteiger partial charge in [0.15, 0.2) is 0 Å². The van der Waals surface area contributed by atoms with Crippen LogP contribution in [0.3, 0.4) is 0 Å². The molecular weight excluding hydrogens is 126 g/mol. The minimum Gasteiger partial charge on any atom is -0.353 e. The molecule has 2 heteroatoms. The van der Waals surface area contributed by atoms with Gasteiger partial charge in [-0.2, -0.15) is 0 Å². The van der Waals surface area contributed by atoms with Crippen LogP contribution in [0.2, 0.25) is 0 Å². The lowest BCUT2D eigenvalue weighted by Gasteiger charge is -2.20. The fourth-order valence-corrected chi connectivity index (χ4v) is 0.520. The minimum atomic E-state index is -0.190. The van der Waals surface area contributed by atoms with Gasteiger partial charge >= 0.3 is 0 Å². The van der Waals surface area contributed by atoms with Crippen LogP contribution in [0.5, 0.6) is 0 Å². The van der Waals surface area contributed by atoms with Crippen molar-refractivity contribution in [2.45, 2.75) is 32.7 Å². The molecule has 0 radical (unpaired) electrons. The van der Waals surface area contributed by atoms with Crippen molar-refractivity contribution in [2.75, 3.05) is 0 Å². The van der Waals surface area contributed by atoms with Gasteiger partial charge < -0.3 is 5.32 Å². The summed E-state index contributed by atoms with van der Waals surface area (Å²) in [7, 11) is 0. The average Bonchev–Trinajstić information content (AvgIpc) is 1.84. The first-order valence-corrected chi connectivity index (χ1v) is 3.23. The molecule has 10 heavy (non-hydrogen) atoms. The van der Waals surface area contributed by atoms with Crippen LogP contribution in [0.4, 0.5) is 0 Å². The first kappa shape index (κ1) is 9.03. The molecule has 0 heterocycles. The molecule has 0 saturated carbocycles. The zero-order chi connectivity index (χ0) is 8.04. The molecule has 0 aromatic carbocycles. The van der Waals surface area contributed by atoms with Gasteiger partial charge in [0.2, 0.25) is 6.41 Å². The summed E-state index contributed by atoms with van der Waals surface area (Å²) in [6.07, 6.45) is 1.40. The molecule has 0 atom stereocenters. The number of amides is 1. The second-order valence-corrected chi connectivity index (χ2v) is 2.75. The van der Waals surface area contributed by atoms with Crippen molar-refractivity contribution in [3.05, 3.63) is 0 Å². The van der Waals surface area contributed by atoms with E-state index < -0.39 is 0 Å². The van der Waals surface area contributed by atoms with Gasteiger partial charge in [-0.1, -0.05) is 0 Å². The maximum Gasteiger partial charge on any atom is 0.207 e. The average molecular weight is 139 g/mol. The molecule has 0 aromatic rings. The minimum absolute atomic E-state index is 0.190. The fraction of sp³-hybridized carbons (Fsp3) is 0.625. The summed E-state index contributed by atoms with van der Waals surface area (Å²) in [6.45, 7) is 5.66. The SMILES string of the molecule is CC#CCC(C)(C)NC=O. The third-order valence-electron chi connectivity index (χ3n) is 1.16. The predicted octanol–water partition coefficient (Wildman–Crippen LogP) is 0.924. The van der Waals surface area contributed by atoms with Crippen molar-refractivity contribution in [3.63, 3.8) is 0 Å². The number of carbonyl (C=O) groups is 1. The van der Waals surface area contributed by atoms with E-state index in [9.17, 15) is 4.79 Å². The Bertz CT molecular complexity index is 162. The zero-order valence-electron chi connectivity index (χ0n) is 6.69. The highest BCUT2D eigenvalue weighted by Gasteiger charge is 2.13. The number of hydrogen-bond acceptors (Lipinski definition) is 1. The molecule has 0 unspecified atom stereocenters. The van der Waals surface area contributed by atoms with E-state index >= 15 is 0 Å². The molecule has 0 saturated heterocycles. The summed E-state index contributed by atoms with van der Waals surface area (Å²) >= 11 is 0. The van der Waals surface area contributed by atoms with Crippen molar-refractivity contribution in [1.82, 2.24) is 5.32 Å². The molecule has 0 aliphatic rings. The normalized spacial score (nSPS) is 9.50. The standard InChI is InChI=1S/C8H13NO/c1-4-5-6-8(2,3)9-7-10/h7H,6H2,1-3H3,(H,9,10). The summed E-state index contributed by atoms with van der Waals surface area (Å²) in [5, 5.41) is 2.67. The molecule has 1 amide bonds. The van der Waals surface area contributed by atoms with Crippen LogP contribution in [0.25, 0.3) is 0 Å². The van der Waals surface area contributed by atoms with Crippen LogP contribution in [0.15, 0.2) is 0 Å². The molecule has 56 valence electrons. The quantitative estimate of drug-likeness (QED) is 0.457. The Morgan fingerprint density at radius 1 is 1.60 bits per heavy atom. The van der Waals surface area contributed by atoms with Crippen LogP contribution in [-0.2, 0) is 4.79 Å². The van der Waals surface area contributed by atoms with Crippen LogP contribution < -0.4 is 5.32 Å². The van der Waals surface area contributed by atoms with Gasteiger partial charge in [0.1, 0.15) is 0 Å². The predicted molar refractivity (Wildman–Crippen MR) is 41.3 cm³/mol. The molecule has 2 nitrogen and oxygen atoms in total. The Kier molecular flexibility index (Phi) is 3.56. The summed E-state index contributed by atoms with van der Waals surface area (Å²) < 4.78 is 0. The van der Waals surface area contributed by atoms with E-state index in [0.717, 1.165) is 0 Å². The molecule has 0 aromatic heterocycles. The Balaban J connectivity index is 3.81. The molecule has 0 spiro atoms. The summed E-state index contributed by atoms with van der Waals surface area (Å²) in [5.74, 6) is 5.68. The van der Waals surface area contributed by atoms with Gasteiger partial charge in [-0.25, -0.2) is 0 Å². The van der Waals surface area contributed by atoms with Crippen molar-refractivity contribution in [3.8, 4) is 11.8 Å². The monoisotopic (exact) mass is 139 g/mol. The van der Waals surface area contributed by atoms with Gasteiger partial charge in [-0.3, -0.25) is 4.79 Å². The van der Waals surface area contributed by atoms with E-state index in [1.807, 2.05) is 13.8 Å². The summed E-state index contributed by atoms with van der Waals surface area (Å²) in [4.78, 5) is 10.0. The van der Waals surface area contributed by atoms with Crippen LogP contribution in [0, 0.1) is 11.8 Å². The molecule has 1 N–H and O–H groups in total. The van der Waals surface area contributed by atoms with Crippen molar-refractivity contribution < 1.29 is 4.79 Å².